The van der Waals surface area contributed by atoms with E-state index in [0.717, 1.165) is 11.1 Å². The molecule has 3 aromatic rings. The molecule has 0 radical (unpaired) electrons. The van der Waals surface area contributed by atoms with Crippen LogP contribution in [-0.4, -0.2) is 47.3 Å². The summed E-state index contributed by atoms with van der Waals surface area (Å²) in [5.41, 5.74) is 14.2. The van der Waals surface area contributed by atoms with Gasteiger partial charge in [-0.1, -0.05) is 24.3 Å². The van der Waals surface area contributed by atoms with Crippen LogP contribution in [0.2, 0.25) is 0 Å². The maximum atomic E-state index is 12.3. The van der Waals surface area contributed by atoms with Gasteiger partial charge in [-0.2, -0.15) is 0 Å². The van der Waals surface area contributed by atoms with Gasteiger partial charge in [0.25, 0.3) is 23.4 Å². The fourth-order valence-electron chi connectivity index (χ4n) is 3.19. The topological polar surface area (TPSA) is 140 Å². The monoisotopic (exact) mass is 568 g/mol. The molecule has 0 saturated carbocycles. The molecule has 0 atom stereocenters. The molecule has 0 saturated heterocycles. The smallest absolute Gasteiger partial charge is 0.298 e. The van der Waals surface area contributed by atoms with Gasteiger partial charge in [0, 0.05) is 50.4 Å². The molecule has 0 bridgehead atoms. The molecule has 0 aliphatic carbocycles. The standard InChI is InChI=1S/C28H24N4O5.2ClH/c1-31(17-19-5-3-7-21(29)15-19)27(35)13-9-23(33)25-11-12-26(37-25)24(34)10-14-28(36)32(2)18-20-6-4-8-22(30)16-20;;/h3-8,11-12,15-16H,17-18,29-30H2,1-2H3;2*1H. The average molecular weight is 569 g/mol. The summed E-state index contributed by atoms with van der Waals surface area (Å²) in [6.07, 6.45) is 0. The highest BCUT2D eigenvalue weighted by Gasteiger charge is 2.15. The molecule has 3 rings (SSSR count). The van der Waals surface area contributed by atoms with Gasteiger partial charge in [0.05, 0.1) is 0 Å². The van der Waals surface area contributed by atoms with Crippen molar-refractivity contribution in [2.75, 3.05) is 25.6 Å². The first-order chi connectivity index (χ1) is 17.6. The first-order valence-electron chi connectivity index (χ1n) is 11.0. The van der Waals surface area contributed by atoms with Gasteiger partial charge in [-0.15, -0.1) is 24.8 Å². The van der Waals surface area contributed by atoms with Crippen molar-refractivity contribution in [3.63, 3.8) is 0 Å². The van der Waals surface area contributed by atoms with E-state index in [1.165, 1.54) is 21.9 Å². The van der Waals surface area contributed by atoms with Crippen LogP contribution < -0.4 is 11.5 Å². The van der Waals surface area contributed by atoms with Gasteiger partial charge in [-0.25, -0.2) is 0 Å². The molecule has 202 valence electrons. The zero-order chi connectivity index (χ0) is 26.9. The molecule has 0 aliphatic heterocycles. The Morgan fingerprint density at radius 2 is 1.05 bits per heavy atom. The lowest BCUT2D eigenvalue weighted by Crippen LogP contribution is -2.24. The molecule has 2 aromatic carbocycles. The molecule has 0 aliphatic rings. The molecule has 4 N–H and O–H groups in total. The van der Waals surface area contributed by atoms with Crippen molar-refractivity contribution in [2.24, 2.45) is 0 Å². The van der Waals surface area contributed by atoms with Crippen molar-refractivity contribution < 1.29 is 23.6 Å². The van der Waals surface area contributed by atoms with Crippen LogP contribution in [0.25, 0.3) is 0 Å². The molecule has 11 heteroatoms. The van der Waals surface area contributed by atoms with Crippen LogP contribution in [0.1, 0.15) is 32.2 Å². The van der Waals surface area contributed by atoms with E-state index in [-0.39, 0.29) is 49.4 Å². The summed E-state index contributed by atoms with van der Waals surface area (Å²) in [7, 11) is 3.09. The van der Waals surface area contributed by atoms with Gasteiger partial charge < -0.3 is 25.7 Å². The van der Waals surface area contributed by atoms with E-state index in [0.29, 0.717) is 11.4 Å². The number of carbonyl (C=O) groups is 4. The molecule has 0 unspecified atom stereocenters. The summed E-state index contributed by atoms with van der Waals surface area (Å²) in [4.78, 5) is 51.7. The van der Waals surface area contributed by atoms with E-state index in [1.807, 2.05) is 12.1 Å². The summed E-state index contributed by atoms with van der Waals surface area (Å²) in [6, 6.07) is 16.6. The molecule has 2 amide bonds. The van der Waals surface area contributed by atoms with Gasteiger partial charge in [-0.05, 0) is 59.4 Å². The third-order valence-electron chi connectivity index (χ3n) is 5.05. The third-order valence-corrected chi connectivity index (χ3v) is 5.05. The molecule has 1 aromatic heterocycles. The second-order valence-corrected chi connectivity index (χ2v) is 8.13. The Morgan fingerprint density at radius 3 is 1.41 bits per heavy atom. The van der Waals surface area contributed by atoms with Crippen molar-refractivity contribution in [3.05, 3.63) is 83.3 Å². The summed E-state index contributed by atoms with van der Waals surface area (Å²) < 4.78 is 5.23. The summed E-state index contributed by atoms with van der Waals surface area (Å²) in [5, 5.41) is 0. The number of hydrogen-bond donors (Lipinski definition) is 2. The summed E-state index contributed by atoms with van der Waals surface area (Å²) in [5.74, 6) is 5.75. The second-order valence-electron chi connectivity index (χ2n) is 8.13. The van der Waals surface area contributed by atoms with Gasteiger partial charge in [-0.3, -0.25) is 19.2 Å². The molecule has 39 heavy (non-hydrogen) atoms. The third kappa shape index (κ3) is 9.60. The van der Waals surface area contributed by atoms with Crippen LogP contribution in [0.4, 0.5) is 11.4 Å². The fourth-order valence-corrected chi connectivity index (χ4v) is 3.19. The average Bonchev–Trinajstić information content (AvgIpc) is 3.36. The van der Waals surface area contributed by atoms with E-state index in [1.54, 1.807) is 50.5 Å². The van der Waals surface area contributed by atoms with Crippen molar-refractivity contribution >= 4 is 59.6 Å². The number of rotatable bonds is 6. The number of hydrogen-bond acceptors (Lipinski definition) is 7. The van der Waals surface area contributed by atoms with Crippen LogP contribution in [0.15, 0.2) is 65.1 Å². The Hall–Kier alpha value is -4.70. The molecule has 0 spiro atoms. The van der Waals surface area contributed by atoms with Crippen molar-refractivity contribution in [3.8, 4) is 23.7 Å². The second kappa shape index (κ2) is 14.9. The predicted octanol–water partition coefficient (Wildman–Crippen LogP) is 2.98. The zero-order valence-electron chi connectivity index (χ0n) is 21.1. The van der Waals surface area contributed by atoms with Gasteiger partial charge in [0.15, 0.2) is 11.5 Å². The molecule has 9 nitrogen and oxygen atoms in total. The van der Waals surface area contributed by atoms with Crippen molar-refractivity contribution in [2.45, 2.75) is 13.1 Å². The lowest BCUT2D eigenvalue weighted by atomic mass is 10.2. The molecule has 0 fully saturated rings. The highest BCUT2D eigenvalue weighted by Crippen LogP contribution is 2.11. The SMILES string of the molecule is CN(Cc1cccc(N)c1)C(=O)C#CC(=O)c1ccc(C(=O)C#CC(=O)N(C)Cc2cccc(N)c2)o1.Cl.Cl. The number of nitrogens with two attached hydrogens (primary N) is 2. The summed E-state index contributed by atoms with van der Waals surface area (Å²) in [6.45, 7) is 0.524. The molecule has 1 heterocycles. The zero-order valence-corrected chi connectivity index (χ0v) is 22.7. The Kier molecular flexibility index (Phi) is 12.3. The minimum atomic E-state index is -0.782. The number of Topliss-reactive ketones (excluding diaryl/α,β-unsaturated/α-hetero) is 2. The maximum Gasteiger partial charge on any atom is 0.298 e. The van der Waals surface area contributed by atoms with E-state index >= 15 is 0 Å². The Morgan fingerprint density at radius 1 is 0.667 bits per heavy atom. The number of carbonyl (C=O) groups excluding carboxylic acids is 4. The fraction of sp³-hybridized carbons (Fsp3) is 0.143. The number of anilines is 2. The highest BCUT2D eigenvalue weighted by atomic mass is 35.5. The van der Waals surface area contributed by atoms with Crippen LogP contribution in [0, 0.1) is 23.7 Å². The number of nitrogen functional groups attached to an aromatic ring is 2. The van der Waals surface area contributed by atoms with Gasteiger partial charge in [0.1, 0.15) is 0 Å². The molecular weight excluding hydrogens is 543 g/mol. The summed E-state index contributed by atoms with van der Waals surface area (Å²) >= 11 is 0. The van der Waals surface area contributed by atoms with Crippen LogP contribution in [-0.2, 0) is 22.7 Å². The normalized spacial score (nSPS) is 9.28. The minimum Gasteiger partial charge on any atom is -0.448 e. The van der Waals surface area contributed by atoms with E-state index in [4.69, 9.17) is 15.9 Å². The number of halogens is 2. The number of nitrogens with zero attached hydrogens (tertiary/aromatic N) is 2. The number of benzene rings is 2. The Balaban J connectivity index is 0.00000380. The van der Waals surface area contributed by atoms with E-state index < -0.39 is 23.4 Å². The number of ketones is 2. The lowest BCUT2D eigenvalue weighted by Gasteiger charge is -2.13. The van der Waals surface area contributed by atoms with Gasteiger partial charge in [0.2, 0.25) is 0 Å². The quantitative estimate of drug-likeness (QED) is 0.201. The van der Waals surface area contributed by atoms with Crippen LogP contribution in [0.5, 0.6) is 0 Å². The number of amides is 2. The lowest BCUT2D eigenvalue weighted by molar-refractivity contribution is -0.125. The maximum absolute atomic E-state index is 12.3. The van der Waals surface area contributed by atoms with Crippen molar-refractivity contribution in [1.29, 1.82) is 0 Å². The first kappa shape index (κ1) is 32.3. The number of furan rings is 1. The van der Waals surface area contributed by atoms with Crippen LogP contribution >= 0.6 is 24.8 Å². The minimum absolute atomic E-state index is 0. The highest BCUT2D eigenvalue weighted by molar-refractivity contribution is 6.13. The van der Waals surface area contributed by atoms with Gasteiger partial charge >= 0.3 is 0 Å². The van der Waals surface area contributed by atoms with E-state index in [2.05, 4.69) is 23.7 Å². The predicted molar refractivity (Wildman–Crippen MR) is 152 cm³/mol. The first-order valence-corrected chi connectivity index (χ1v) is 11.0. The molecular formula is C28H26Cl2N4O5. The largest absolute Gasteiger partial charge is 0.448 e. The Bertz CT molecular complexity index is 1380. The van der Waals surface area contributed by atoms with E-state index in [9.17, 15) is 19.2 Å². The van der Waals surface area contributed by atoms with Crippen molar-refractivity contribution in [1.82, 2.24) is 9.80 Å². The van der Waals surface area contributed by atoms with Crippen LogP contribution in [0.3, 0.4) is 0 Å². The Labute approximate surface area is 238 Å².